The van der Waals surface area contributed by atoms with E-state index in [1.807, 2.05) is 31.5 Å². The number of halogens is 2. The molecule has 3 nitrogen and oxygen atoms in total. The SMILES string of the molecule is C=CCNC(=S)[C@H](C(=O)c1ccc(Cl)c(Cl)c1)[n+]1cccc(C)c1. The Morgan fingerprint density at radius 1 is 1.38 bits per heavy atom. The molecule has 24 heavy (non-hydrogen) atoms. The first-order chi connectivity index (χ1) is 11.4. The van der Waals surface area contributed by atoms with Gasteiger partial charge in [-0.25, -0.2) is 0 Å². The summed E-state index contributed by atoms with van der Waals surface area (Å²) in [5.74, 6) is -0.161. The second kappa shape index (κ2) is 8.38. The summed E-state index contributed by atoms with van der Waals surface area (Å²) in [4.78, 5) is 13.5. The lowest BCUT2D eigenvalue weighted by atomic mass is 10.0. The number of nitrogens with zero attached hydrogens (tertiary/aromatic N) is 1. The van der Waals surface area contributed by atoms with E-state index in [1.165, 1.54) is 0 Å². The average molecular weight is 380 g/mol. The highest BCUT2D eigenvalue weighted by Gasteiger charge is 2.33. The van der Waals surface area contributed by atoms with Crippen molar-refractivity contribution >= 4 is 46.2 Å². The second-order valence-corrected chi connectivity index (χ2v) is 6.51. The fourth-order valence-corrected chi connectivity index (χ4v) is 2.85. The summed E-state index contributed by atoms with van der Waals surface area (Å²) in [5, 5.41) is 3.78. The van der Waals surface area contributed by atoms with Crippen molar-refractivity contribution in [3.05, 3.63) is 76.6 Å². The predicted molar refractivity (Wildman–Crippen MR) is 102 cm³/mol. The molecule has 0 bridgehead atoms. The molecular formula is C18H17Cl2N2OS+. The van der Waals surface area contributed by atoms with Gasteiger partial charge in [0, 0.05) is 23.7 Å². The number of ketones is 1. The third kappa shape index (κ3) is 4.41. The Morgan fingerprint density at radius 3 is 2.75 bits per heavy atom. The van der Waals surface area contributed by atoms with E-state index in [0.717, 1.165) is 5.56 Å². The fraction of sp³-hybridized carbons (Fsp3) is 0.167. The van der Waals surface area contributed by atoms with E-state index in [-0.39, 0.29) is 5.78 Å². The number of hydrogen-bond acceptors (Lipinski definition) is 2. The van der Waals surface area contributed by atoms with Gasteiger partial charge in [-0.05, 0) is 31.2 Å². The highest BCUT2D eigenvalue weighted by Crippen LogP contribution is 2.24. The number of hydrogen-bond donors (Lipinski definition) is 1. The van der Waals surface area contributed by atoms with Gasteiger partial charge in [-0.1, -0.05) is 41.5 Å². The molecule has 2 rings (SSSR count). The molecule has 124 valence electrons. The molecule has 0 spiro atoms. The molecule has 0 saturated heterocycles. The van der Waals surface area contributed by atoms with Gasteiger partial charge in [-0.2, -0.15) is 4.57 Å². The van der Waals surface area contributed by atoms with Crippen LogP contribution in [0.1, 0.15) is 22.0 Å². The maximum atomic E-state index is 13.0. The molecule has 2 aromatic rings. The van der Waals surface area contributed by atoms with Crippen molar-refractivity contribution in [1.82, 2.24) is 5.32 Å². The summed E-state index contributed by atoms with van der Waals surface area (Å²) >= 11 is 17.4. The van der Waals surface area contributed by atoms with E-state index in [9.17, 15) is 4.79 Å². The molecule has 0 aliphatic heterocycles. The van der Waals surface area contributed by atoms with Crippen LogP contribution in [0.3, 0.4) is 0 Å². The molecule has 1 heterocycles. The van der Waals surface area contributed by atoms with Gasteiger partial charge < -0.3 is 5.32 Å². The lowest BCUT2D eigenvalue weighted by Gasteiger charge is -2.14. The van der Waals surface area contributed by atoms with Crippen molar-refractivity contribution < 1.29 is 9.36 Å². The molecule has 0 radical (unpaired) electrons. The van der Waals surface area contributed by atoms with Gasteiger partial charge in [0.25, 0.3) is 6.04 Å². The van der Waals surface area contributed by atoms with E-state index in [1.54, 1.807) is 28.8 Å². The molecule has 1 atom stereocenters. The van der Waals surface area contributed by atoms with Crippen molar-refractivity contribution in [2.24, 2.45) is 0 Å². The van der Waals surface area contributed by atoms with Crippen LogP contribution in [0.5, 0.6) is 0 Å². The van der Waals surface area contributed by atoms with E-state index in [0.29, 0.717) is 27.1 Å². The molecule has 1 aromatic heterocycles. The van der Waals surface area contributed by atoms with Crippen molar-refractivity contribution in [1.29, 1.82) is 0 Å². The Morgan fingerprint density at radius 2 is 2.12 bits per heavy atom. The topological polar surface area (TPSA) is 33.0 Å². The summed E-state index contributed by atoms with van der Waals surface area (Å²) in [5.41, 5.74) is 1.47. The van der Waals surface area contributed by atoms with Crippen LogP contribution in [-0.4, -0.2) is 17.3 Å². The van der Waals surface area contributed by atoms with Gasteiger partial charge in [-0.15, -0.1) is 6.58 Å². The summed E-state index contributed by atoms with van der Waals surface area (Å²) in [6.07, 6.45) is 5.38. The number of rotatable bonds is 6. The van der Waals surface area contributed by atoms with Crippen molar-refractivity contribution in [3.63, 3.8) is 0 Å². The Hall–Kier alpha value is -1.75. The van der Waals surface area contributed by atoms with Crippen LogP contribution in [0.25, 0.3) is 0 Å². The maximum absolute atomic E-state index is 13.0. The highest BCUT2D eigenvalue weighted by molar-refractivity contribution is 7.80. The minimum atomic E-state index is -0.669. The van der Waals surface area contributed by atoms with E-state index < -0.39 is 6.04 Å². The van der Waals surface area contributed by atoms with Crippen molar-refractivity contribution in [3.8, 4) is 0 Å². The zero-order valence-corrected chi connectivity index (χ0v) is 15.5. The Bertz CT molecular complexity index is 792. The number of pyridine rings is 1. The van der Waals surface area contributed by atoms with Gasteiger partial charge in [0.2, 0.25) is 5.78 Å². The van der Waals surface area contributed by atoms with E-state index >= 15 is 0 Å². The number of aromatic nitrogens is 1. The Kier molecular flexibility index (Phi) is 6.49. The minimum Gasteiger partial charge on any atom is -0.370 e. The van der Waals surface area contributed by atoms with Crippen LogP contribution in [0.4, 0.5) is 0 Å². The molecule has 0 saturated carbocycles. The number of aryl methyl sites for hydroxylation is 1. The average Bonchev–Trinajstić information content (AvgIpc) is 2.55. The fourth-order valence-electron chi connectivity index (χ4n) is 2.24. The molecule has 6 heteroatoms. The molecule has 0 fully saturated rings. The van der Waals surface area contributed by atoms with Gasteiger partial charge in [0.1, 0.15) is 0 Å². The van der Waals surface area contributed by atoms with Crippen LogP contribution >= 0.6 is 35.4 Å². The predicted octanol–water partition coefficient (Wildman–Crippen LogP) is 4.12. The van der Waals surface area contributed by atoms with Gasteiger partial charge >= 0.3 is 0 Å². The first-order valence-electron chi connectivity index (χ1n) is 7.29. The first-order valence-corrected chi connectivity index (χ1v) is 8.45. The molecular weight excluding hydrogens is 363 g/mol. The first kappa shape index (κ1) is 18.6. The zero-order valence-electron chi connectivity index (χ0n) is 13.1. The summed E-state index contributed by atoms with van der Waals surface area (Å²) in [6, 6.07) is 7.98. The summed E-state index contributed by atoms with van der Waals surface area (Å²) in [6.45, 7) is 6.10. The largest absolute Gasteiger partial charge is 0.370 e. The smallest absolute Gasteiger partial charge is 0.270 e. The van der Waals surface area contributed by atoms with Crippen LogP contribution in [0.15, 0.2) is 55.4 Å². The quantitative estimate of drug-likeness (QED) is 0.354. The lowest BCUT2D eigenvalue weighted by molar-refractivity contribution is -0.692. The monoisotopic (exact) mass is 379 g/mol. The highest BCUT2D eigenvalue weighted by atomic mass is 35.5. The molecule has 1 N–H and O–H groups in total. The lowest BCUT2D eigenvalue weighted by Crippen LogP contribution is -2.51. The minimum absolute atomic E-state index is 0.161. The maximum Gasteiger partial charge on any atom is 0.270 e. The molecule has 0 unspecified atom stereocenters. The number of thiocarbonyl (C=S) groups is 1. The van der Waals surface area contributed by atoms with Gasteiger partial charge in [-0.3, -0.25) is 4.79 Å². The van der Waals surface area contributed by atoms with E-state index in [2.05, 4.69) is 11.9 Å². The molecule has 0 amide bonds. The number of nitrogens with one attached hydrogen (secondary N) is 1. The van der Waals surface area contributed by atoms with Crippen LogP contribution in [0.2, 0.25) is 10.0 Å². The van der Waals surface area contributed by atoms with Crippen LogP contribution < -0.4 is 9.88 Å². The zero-order chi connectivity index (χ0) is 17.7. The van der Waals surface area contributed by atoms with Gasteiger partial charge in [0.05, 0.1) is 10.0 Å². The normalized spacial score (nSPS) is 11.6. The molecule has 0 aliphatic rings. The number of carbonyl (C=O) groups excluding carboxylic acids is 1. The molecule has 1 aromatic carbocycles. The third-order valence-electron chi connectivity index (χ3n) is 3.39. The summed E-state index contributed by atoms with van der Waals surface area (Å²) in [7, 11) is 0. The second-order valence-electron chi connectivity index (χ2n) is 5.26. The number of benzene rings is 1. The molecule has 0 aliphatic carbocycles. The van der Waals surface area contributed by atoms with Crippen molar-refractivity contribution in [2.45, 2.75) is 13.0 Å². The van der Waals surface area contributed by atoms with Gasteiger partial charge in [0.15, 0.2) is 17.4 Å². The van der Waals surface area contributed by atoms with Crippen molar-refractivity contribution in [2.75, 3.05) is 6.54 Å². The van der Waals surface area contributed by atoms with Crippen LogP contribution in [-0.2, 0) is 0 Å². The van der Waals surface area contributed by atoms with Crippen LogP contribution in [0, 0.1) is 6.92 Å². The Labute approximate surface area is 156 Å². The van der Waals surface area contributed by atoms with E-state index in [4.69, 9.17) is 35.4 Å². The summed E-state index contributed by atoms with van der Waals surface area (Å²) < 4.78 is 1.79. The number of Topliss-reactive ketones (excluding diaryl/α,β-unsaturated/α-hetero) is 1. The Balaban J connectivity index is 2.44. The standard InChI is InChI=1S/C18H16Cl2N2OS/c1-3-8-21-18(24)16(22-9-4-5-12(2)11-22)17(23)13-6-7-14(19)15(20)10-13/h3-7,9-11,16H,1,8H2,2H3/p+1/t16-/m0/s1. The third-order valence-corrected chi connectivity index (χ3v) is 4.50. The number of carbonyl (C=O) groups is 1.